The Labute approximate surface area is 177 Å². The van der Waals surface area contributed by atoms with Gasteiger partial charge in [-0.3, -0.25) is 0 Å². The summed E-state index contributed by atoms with van der Waals surface area (Å²) in [4.78, 5) is 25.4. The predicted molar refractivity (Wildman–Crippen MR) is 117 cm³/mol. The topological polar surface area (TPSA) is 96.5 Å². The van der Waals surface area contributed by atoms with Crippen LogP contribution in [-0.2, 0) is 16.6 Å². The summed E-state index contributed by atoms with van der Waals surface area (Å²) in [5, 5.41) is 0. The lowest BCUT2D eigenvalue weighted by Crippen LogP contribution is -2.46. The van der Waals surface area contributed by atoms with Crippen molar-refractivity contribution >= 4 is 23.5 Å². The van der Waals surface area contributed by atoms with Crippen molar-refractivity contribution in [3.8, 4) is 0 Å². The van der Waals surface area contributed by atoms with Crippen LogP contribution < -0.4 is 20.4 Å². The molecule has 1 aliphatic carbocycles. The Hall–Kier alpha value is -2.68. The fourth-order valence-electron chi connectivity index (χ4n) is 4.98. The number of fused-ring (bicyclic) bond motifs is 2. The largest absolute Gasteiger partial charge is 0.383 e. The number of nitrogens with zero attached hydrogens (tertiary/aromatic N) is 7. The van der Waals surface area contributed by atoms with Crippen molar-refractivity contribution in [2.75, 3.05) is 73.9 Å². The molecule has 30 heavy (non-hydrogen) atoms. The summed E-state index contributed by atoms with van der Waals surface area (Å²) >= 11 is 0. The smallest absolute Gasteiger partial charge is 0.229 e. The quantitative estimate of drug-likeness (QED) is 0.801. The number of morpholine rings is 1. The van der Waals surface area contributed by atoms with Crippen molar-refractivity contribution < 1.29 is 4.74 Å². The van der Waals surface area contributed by atoms with Gasteiger partial charge in [0.05, 0.1) is 18.9 Å². The van der Waals surface area contributed by atoms with E-state index in [9.17, 15) is 0 Å². The number of nitrogen functional groups attached to an aromatic ring is 1. The molecule has 0 radical (unpaired) electrons. The number of hydrogen-bond donors (Lipinski definition) is 1. The Morgan fingerprint density at radius 1 is 1.07 bits per heavy atom. The Morgan fingerprint density at radius 3 is 2.70 bits per heavy atom. The number of rotatable bonds is 3. The van der Waals surface area contributed by atoms with Gasteiger partial charge in [0.2, 0.25) is 11.9 Å². The van der Waals surface area contributed by atoms with E-state index >= 15 is 0 Å². The first-order chi connectivity index (χ1) is 14.5. The second-order valence-electron chi connectivity index (χ2n) is 8.79. The van der Waals surface area contributed by atoms with Gasteiger partial charge in [-0.2, -0.15) is 9.97 Å². The maximum absolute atomic E-state index is 6.19. The van der Waals surface area contributed by atoms with E-state index in [0.717, 1.165) is 63.6 Å². The Bertz CT molecular complexity index is 925. The summed E-state index contributed by atoms with van der Waals surface area (Å²) in [6, 6.07) is 1.91. The van der Waals surface area contributed by atoms with Gasteiger partial charge in [0, 0.05) is 58.0 Å². The lowest BCUT2D eigenvalue weighted by molar-refractivity contribution is 0.122. The van der Waals surface area contributed by atoms with Crippen LogP contribution in [0.15, 0.2) is 12.3 Å². The third-order valence-electron chi connectivity index (χ3n) is 6.54. The van der Waals surface area contributed by atoms with Gasteiger partial charge >= 0.3 is 0 Å². The fourth-order valence-corrected chi connectivity index (χ4v) is 4.98. The molecular formula is C21H30N8O. The number of aryl methyl sites for hydroxylation is 1. The van der Waals surface area contributed by atoms with Crippen LogP contribution in [-0.4, -0.2) is 73.4 Å². The first-order valence-electron chi connectivity index (χ1n) is 10.8. The molecular weight excluding hydrogens is 380 g/mol. The molecule has 5 rings (SSSR count). The molecule has 2 fully saturated rings. The molecule has 9 heteroatoms. The number of ether oxygens (including phenoxy) is 1. The molecule has 2 aromatic heterocycles. The molecule has 1 spiro atoms. The molecule has 2 aliphatic heterocycles. The van der Waals surface area contributed by atoms with Crippen LogP contribution in [0, 0.1) is 0 Å². The molecule has 0 saturated carbocycles. The maximum Gasteiger partial charge on any atom is 0.229 e. The Morgan fingerprint density at radius 2 is 1.90 bits per heavy atom. The summed E-state index contributed by atoms with van der Waals surface area (Å²) in [5.74, 6) is 2.92. The third-order valence-corrected chi connectivity index (χ3v) is 6.54. The van der Waals surface area contributed by atoms with Gasteiger partial charge < -0.3 is 25.2 Å². The van der Waals surface area contributed by atoms with Gasteiger partial charge in [0.15, 0.2) is 0 Å². The Balaban J connectivity index is 1.45. The van der Waals surface area contributed by atoms with Gasteiger partial charge in [-0.25, -0.2) is 9.97 Å². The van der Waals surface area contributed by atoms with Crippen molar-refractivity contribution in [1.82, 2.24) is 19.9 Å². The normalized spacial score (nSPS) is 23.7. The second-order valence-corrected chi connectivity index (χ2v) is 8.79. The van der Waals surface area contributed by atoms with E-state index in [4.69, 9.17) is 20.4 Å². The molecule has 0 amide bonds. The first-order valence-corrected chi connectivity index (χ1v) is 10.8. The predicted octanol–water partition coefficient (Wildman–Crippen LogP) is 1.24. The van der Waals surface area contributed by atoms with Crippen LogP contribution in [0.25, 0.3) is 0 Å². The average molecular weight is 411 g/mol. The van der Waals surface area contributed by atoms with Gasteiger partial charge in [0.25, 0.3) is 0 Å². The number of hydrogen-bond acceptors (Lipinski definition) is 9. The highest BCUT2D eigenvalue weighted by Gasteiger charge is 2.44. The van der Waals surface area contributed by atoms with Crippen molar-refractivity contribution in [1.29, 1.82) is 0 Å². The zero-order valence-electron chi connectivity index (χ0n) is 17.8. The Kier molecular flexibility index (Phi) is 4.85. The van der Waals surface area contributed by atoms with Crippen LogP contribution >= 0.6 is 0 Å². The fraction of sp³-hybridized carbons (Fsp3) is 0.619. The summed E-state index contributed by atoms with van der Waals surface area (Å²) in [7, 11) is 3.99. The average Bonchev–Trinajstić information content (AvgIpc) is 3.11. The van der Waals surface area contributed by atoms with E-state index in [2.05, 4.69) is 19.8 Å². The minimum atomic E-state index is 0.0557. The van der Waals surface area contributed by atoms with Gasteiger partial charge in [-0.15, -0.1) is 0 Å². The molecule has 4 heterocycles. The number of nitrogens with two attached hydrogens (primary N) is 1. The first kappa shape index (κ1) is 19.3. The van der Waals surface area contributed by atoms with E-state index in [1.54, 1.807) is 0 Å². The maximum atomic E-state index is 6.19. The van der Waals surface area contributed by atoms with E-state index in [0.29, 0.717) is 25.0 Å². The zero-order chi connectivity index (χ0) is 20.7. The molecule has 0 aromatic carbocycles. The SMILES string of the molecule is CN(C)c1ncc2c(n1)C1(CCCN(c3cc(N)nc(N4CCOCC4)n3)C1)CC2. The van der Waals surface area contributed by atoms with Crippen molar-refractivity contribution in [2.24, 2.45) is 0 Å². The molecule has 0 bridgehead atoms. The lowest BCUT2D eigenvalue weighted by atomic mass is 9.77. The summed E-state index contributed by atoms with van der Waals surface area (Å²) in [6.07, 6.45) is 6.43. The standard InChI is InChI=1S/C21H30N8O/c1-27(2)19-23-13-15-4-6-21(18(15)26-19)5-3-7-29(14-21)17-12-16(22)24-20(25-17)28-8-10-30-11-9-28/h12-13H,3-11,14H2,1-2H3,(H2,22,24,25). The number of aromatic nitrogens is 4. The van der Waals surface area contributed by atoms with Gasteiger partial charge in [0.1, 0.15) is 11.6 Å². The highest BCUT2D eigenvalue weighted by molar-refractivity contribution is 5.54. The lowest BCUT2D eigenvalue weighted by Gasteiger charge is -2.41. The van der Waals surface area contributed by atoms with Crippen molar-refractivity contribution in [3.63, 3.8) is 0 Å². The van der Waals surface area contributed by atoms with Crippen molar-refractivity contribution in [3.05, 3.63) is 23.5 Å². The van der Waals surface area contributed by atoms with E-state index < -0.39 is 0 Å². The highest BCUT2D eigenvalue weighted by Crippen LogP contribution is 2.45. The van der Waals surface area contributed by atoms with E-state index in [1.165, 1.54) is 11.3 Å². The van der Waals surface area contributed by atoms with Crippen LogP contribution in [0.2, 0.25) is 0 Å². The van der Waals surface area contributed by atoms with Crippen LogP contribution in [0.5, 0.6) is 0 Å². The van der Waals surface area contributed by atoms with E-state index in [1.807, 2.05) is 31.3 Å². The minimum Gasteiger partial charge on any atom is -0.383 e. The summed E-state index contributed by atoms with van der Waals surface area (Å²) < 4.78 is 5.47. The molecule has 9 nitrogen and oxygen atoms in total. The van der Waals surface area contributed by atoms with Crippen LogP contribution in [0.4, 0.5) is 23.5 Å². The highest BCUT2D eigenvalue weighted by atomic mass is 16.5. The van der Waals surface area contributed by atoms with Gasteiger partial charge in [-0.05, 0) is 31.2 Å². The molecule has 1 atom stereocenters. The molecule has 2 saturated heterocycles. The monoisotopic (exact) mass is 410 g/mol. The molecule has 1 unspecified atom stereocenters. The van der Waals surface area contributed by atoms with Crippen LogP contribution in [0.3, 0.4) is 0 Å². The number of anilines is 4. The summed E-state index contributed by atoms with van der Waals surface area (Å²) in [5.41, 5.74) is 8.76. The van der Waals surface area contributed by atoms with Crippen LogP contribution in [0.1, 0.15) is 30.5 Å². The third kappa shape index (κ3) is 3.40. The van der Waals surface area contributed by atoms with Crippen molar-refractivity contribution in [2.45, 2.75) is 31.1 Å². The summed E-state index contributed by atoms with van der Waals surface area (Å²) in [6.45, 7) is 4.87. The second kappa shape index (κ2) is 7.54. The zero-order valence-corrected chi connectivity index (χ0v) is 17.8. The van der Waals surface area contributed by atoms with E-state index in [-0.39, 0.29) is 5.41 Å². The molecule has 160 valence electrons. The molecule has 2 N–H and O–H groups in total. The minimum absolute atomic E-state index is 0.0557. The van der Waals surface area contributed by atoms with Gasteiger partial charge in [-0.1, -0.05) is 0 Å². The molecule has 3 aliphatic rings. The number of piperidine rings is 1. The molecule has 2 aromatic rings.